The average Bonchev–Trinajstić information content (AvgIpc) is 3.41. The molecule has 0 bridgehead atoms. The molecule has 0 radical (unpaired) electrons. The van der Waals surface area contributed by atoms with Crippen molar-refractivity contribution in [1.82, 2.24) is 20.6 Å². The zero-order chi connectivity index (χ0) is 33.2. The first-order valence-corrected chi connectivity index (χ1v) is 15.9. The van der Waals surface area contributed by atoms with Crippen molar-refractivity contribution in [3.8, 4) is 22.9 Å². The van der Waals surface area contributed by atoms with Gasteiger partial charge in [-0.1, -0.05) is 24.3 Å². The Kier molecular flexibility index (Phi) is 11.1. The predicted molar refractivity (Wildman–Crippen MR) is 176 cm³/mol. The largest absolute Gasteiger partial charge is 0.480 e. The number of hydrogen-bond donors (Lipinski definition) is 3. The maximum atomic E-state index is 12.5. The van der Waals surface area contributed by atoms with Gasteiger partial charge in [-0.3, -0.25) is 9.69 Å². The summed E-state index contributed by atoms with van der Waals surface area (Å²) in [6.45, 7) is 8.23. The lowest BCUT2D eigenvalue weighted by Gasteiger charge is -2.19. The highest BCUT2D eigenvalue weighted by Crippen LogP contribution is 2.30. The standard InChI is InChI=1S/C34H42N6O7/c1-34(2,3)47-32(42)36-16-5-4-6-18-44-30-12-8-11-26(37-30)24-10-7-9-23(19-24)20-35-17-15-25-21-40(33(43)46-25)28-14-13-27-31(38-28)39-29(41)22-45-27/h7-14,19,25,35H,4-6,15-18,20-22H2,1-3H3,(H,36,42)(H,38,39,41). The van der Waals surface area contributed by atoms with Gasteiger partial charge in [0, 0.05) is 24.7 Å². The van der Waals surface area contributed by atoms with Gasteiger partial charge in [0.15, 0.2) is 18.2 Å². The number of fused-ring (bicyclic) bond motifs is 1. The van der Waals surface area contributed by atoms with Crippen LogP contribution in [-0.2, 0) is 20.8 Å². The van der Waals surface area contributed by atoms with Crippen LogP contribution in [0.1, 0.15) is 52.0 Å². The van der Waals surface area contributed by atoms with Gasteiger partial charge >= 0.3 is 12.2 Å². The van der Waals surface area contributed by atoms with E-state index in [0.29, 0.717) is 62.5 Å². The molecule has 2 aliphatic heterocycles. The van der Waals surface area contributed by atoms with E-state index in [1.54, 1.807) is 12.1 Å². The lowest BCUT2D eigenvalue weighted by Crippen LogP contribution is -2.33. The summed E-state index contributed by atoms with van der Waals surface area (Å²) in [5, 5.41) is 8.86. The molecule has 3 N–H and O–H groups in total. The number of ether oxygens (including phenoxy) is 4. The van der Waals surface area contributed by atoms with E-state index in [-0.39, 0.29) is 18.6 Å². The van der Waals surface area contributed by atoms with E-state index in [2.05, 4.69) is 38.1 Å². The number of alkyl carbamates (subject to hydrolysis) is 1. The molecule has 2 aromatic heterocycles. The van der Waals surface area contributed by atoms with Gasteiger partial charge in [-0.15, -0.1) is 0 Å². The van der Waals surface area contributed by atoms with Crippen molar-refractivity contribution in [2.45, 2.75) is 64.7 Å². The molecule has 250 valence electrons. The number of amides is 3. The fourth-order valence-electron chi connectivity index (χ4n) is 5.04. The molecule has 1 fully saturated rings. The lowest BCUT2D eigenvalue weighted by molar-refractivity contribution is -0.118. The molecule has 0 spiro atoms. The molecule has 2 aliphatic rings. The van der Waals surface area contributed by atoms with Crippen LogP contribution in [0.2, 0.25) is 0 Å². The topological polar surface area (TPSA) is 153 Å². The Balaban J connectivity index is 1.01. The number of aromatic nitrogens is 2. The van der Waals surface area contributed by atoms with Crippen LogP contribution in [0.4, 0.5) is 21.2 Å². The molecule has 3 amide bonds. The van der Waals surface area contributed by atoms with Crippen molar-refractivity contribution in [3.63, 3.8) is 0 Å². The first kappa shape index (κ1) is 33.5. The van der Waals surface area contributed by atoms with E-state index < -0.39 is 17.8 Å². The van der Waals surface area contributed by atoms with Crippen LogP contribution < -0.4 is 30.3 Å². The summed E-state index contributed by atoms with van der Waals surface area (Å²) in [7, 11) is 0. The molecule has 1 atom stereocenters. The third kappa shape index (κ3) is 10.0. The monoisotopic (exact) mass is 646 g/mol. The van der Waals surface area contributed by atoms with Crippen LogP contribution >= 0.6 is 0 Å². The second kappa shape index (κ2) is 15.6. The number of carbonyl (C=O) groups is 3. The average molecular weight is 647 g/mol. The third-order valence-electron chi connectivity index (χ3n) is 7.27. The van der Waals surface area contributed by atoms with Gasteiger partial charge in [0.05, 0.1) is 18.8 Å². The Morgan fingerprint density at radius 3 is 2.74 bits per heavy atom. The molecular weight excluding hydrogens is 604 g/mol. The molecule has 1 aromatic carbocycles. The molecular formula is C34H42N6O7. The minimum atomic E-state index is -0.501. The van der Waals surface area contributed by atoms with Crippen molar-refractivity contribution in [2.75, 3.05) is 43.1 Å². The third-order valence-corrected chi connectivity index (χ3v) is 7.27. The number of hydrogen-bond acceptors (Lipinski definition) is 10. The molecule has 0 saturated carbocycles. The number of nitrogens with zero attached hydrogens (tertiary/aromatic N) is 3. The van der Waals surface area contributed by atoms with Crippen molar-refractivity contribution in [1.29, 1.82) is 0 Å². The van der Waals surface area contributed by atoms with Crippen LogP contribution in [0.5, 0.6) is 11.6 Å². The van der Waals surface area contributed by atoms with Gasteiger partial charge in [0.2, 0.25) is 5.88 Å². The molecule has 13 nitrogen and oxygen atoms in total. The SMILES string of the molecule is CC(C)(C)OC(=O)NCCCCCOc1cccc(-c2cccc(CNCCC3CN(c4ccc5c(n4)NC(=O)CO5)C(=O)O3)c2)n1. The Labute approximate surface area is 274 Å². The zero-order valence-electron chi connectivity index (χ0n) is 27.0. The number of nitrogens with one attached hydrogen (secondary N) is 3. The highest BCUT2D eigenvalue weighted by atomic mass is 16.6. The van der Waals surface area contributed by atoms with Gasteiger partial charge in [-0.05, 0) is 82.8 Å². The van der Waals surface area contributed by atoms with Gasteiger partial charge < -0.3 is 34.9 Å². The fraction of sp³-hybridized carbons (Fsp3) is 0.441. The summed E-state index contributed by atoms with van der Waals surface area (Å²) in [4.78, 5) is 46.4. The van der Waals surface area contributed by atoms with E-state index in [1.165, 1.54) is 4.90 Å². The second-order valence-electron chi connectivity index (χ2n) is 12.3. The van der Waals surface area contributed by atoms with Crippen LogP contribution in [0.15, 0.2) is 54.6 Å². The lowest BCUT2D eigenvalue weighted by atomic mass is 10.1. The summed E-state index contributed by atoms with van der Waals surface area (Å²) in [6, 6.07) is 17.3. The van der Waals surface area contributed by atoms with Crippen LogP contribution in [0.25, 0.3) is 11.3 Å². The number of unbranched alkanes of at least 4 members (excludes halogenated alkanes) is 2. The second-order valence-corrected chi connectivity index (χ2v) is 12.3. The van der Waals surface area contributed by atoms with Crippen molar-refractivity contribution in [3.05, 3.63) is 60.2 Å². The first-order chi connectivity index (χ1) is 22.6. The number of carbonyl (C=O) groups excluding carboxylic acids is 3. The number of anilines is 2. The maximum Gasteiger partial charge on any atom is 0.415 e. The summed E-state index contributed by atoms with van der Waals surface area (Å²) >= 11 is 0. The number of cyclic esters (lactones) is 1. The van der Waals surface area contributed by atoms with Gasteiger partial charge in [0.1, 0.15) is 17.5 Å². The molecule has 3 aromatic rings. The van der Waals surface area contributed by atoms with E-state index in [9.17, 15) is 14.4 Å². The minimum absolute atomic E-state index is 0.0561. The molecule has 13 heteroatoms. The van der Waals surface area contributed by atoms with Gasteiger partial charge in [-0.25, -0.2) is 19.6 Å². The molecule has 5 rings (SSSR count). The number of benzene rings is 1. The van der Waals surface area contributed by atoms with Crippen LogP contribution in [-0.4, -0.2) is 72.6 Å². The first-order valence-electron chi connectivity index (χ1n) is 15.9. The Hall–Kier alpha value is -4.91. The molecule has 1 saturated heterocycles. The molecule has 4 heterocycles. The van der Waals surface area contributed by atoms with E-state index in [1.807, 2.05) is 51.1 Å². The van der Waals surface area contributed by atoms with E-state index in [0.717, 1.165) is 36.1 Å². The van der Waals surface area contributed by atoms with E-state index in [4.69, 9.17) is 18.9 Å². The highest BCUT2D eigenvalue weighted by Gasteiger charge is 2.33. The highest BCUT2D eigenvalue weighted by molar-refractivity contribution is 5.95. The predicted octanol–water partition coefficient (Wildman–Crippen LogP) is 5.05. The summed E-state index contributed by atoms with van der Waals surface area (Å²) < 4.78 is 22.0. The molecule has 1 unspecified atom stereocenters. The smallest absolute Gasteiger partial charge is 0.415 e. The number of pyridine rings is 2. The Morgan fingerprint density at radius 1 is 1.04 bits per heavy atom. The quantitative estimate of drug-likeness (QED) is 0.203. The van der Waals surface area contributed by atoms with Gasteiger partial charge in [0.25, 0.3) is 5.91 Å². The van der Waals surface area contributed by atoms with E-state index >= 15 is 0 Å². The fourth-order valence-corrected chi connectivity index (χ4v) is 5.04. The zero-order valence-corrected chi connectivity index (χ0v) is 27.0. The normalized spacial score (nSPS) is 15.7. The van der Waals surface area contributed by atoms with Crippen LogP contribution in [0.3, 0.4) is 0 Å². The van der Waals surface area contributed by atoms with Gasteiger partial charge in [-0.2, -0.15) is 0 Å². The minimum Gasteiger partial charge on any atom is -0.480 e. The molecule has 47 heavy (non-hydrogen) atoms. The number of rotatable bonds is 14. The molecule has 0 aliphatic carbocycles. The van der Waals surface area contributed by atoms with Crippen molar-refractivity contribution >= 4 is 29.7 Å². The van der Waals surface area contributed by atoms with Crippen molar-refractivity contribution < 1.29 is 33.3 Å². The van der Waals surface area contributed by atoms with Crippen molar-refractivity contribution in [2.24, 2.45) is 0 Å². The summed E-state index contributed by atoms with van der Waals surface area (Å²) in [6.07, 6.45) is 2.08. The summed E-state index contributed by atoms with van der Waals surface area (Å²) in [5.74, 6) is 1.45. The Bertz CT molecular complexity index is 1560. The summed E-state index contributed by atoms with van der Waals surface area (Å²) in [5.41, 5.74) is 2.41. The Morgan fingerprint density at radius 2 is 1.89 bits per heavy atom. The maximum absolute atomic E-state index is 12.5. The van der Waals surface area contributed by atoms with Crippen LogP contribution in [0, 0.1) is 0 Å².